The van der Waals surface area contributed by atoms with E-state index in [9.17, 15) is 9.90 Å². The number of rotatable bonds is 2. The molecule has 0 unspecified atom stereocenters. The molecule has 2 atom stereocenters. The van der Waals surface area contributed by atoms with Gasteiger partial charge in [-0.3, -0.25) is 4.90 Å². The smallest absolute Gasteiger partial charge is 0.413 e. The maximum Gasteiger partial charge on any atom is 0.413 e. The molecule has 1 N–H and O–H groups in total. The summed E-state index contributed by atoms with van der Waals surface area (Å²) in [5.41, 5.74) is 1.43. The fraction of sp³-hybridized carbons (Fsp3) is 0.733. The van der Waals surface area contributed by atoms with Crippen molar-refractivity contribution in [1.29, 1.82) is 0 Å². The predicted molar refractivity (Wildman–Crippen MR) is 76.2 cm³/mol. The maximum absolute atomic E-state index is 12.3. The molecule has 5 nitrogen and oxygen atoms in total. The molecule has 0 aliphatic carbocycles. The first-order valence-corrected chi connectivity index (χ1v) is 6.80. The van der Waals surface area contributed by atoms with Gasteiger partial charge in [0.05, 0.1) is 12.6 Å². The third-order valence-electron chi connectivity index (χ3n) is 2.94. The van der Waals surface area contributed by atoms with Gasteiger partial charge in [0.1, 0.15) is 17.4 Å². The SMILES string of the molecule is CC=C=C[C@@H](O)[C@@H]1COC(C)(C)N1C(=O)OC(C)(C)C. The zero-order valence-corrected chi connectivity index (χ0v) is 13.1. The van der Waals surface area contributed by atoms with E-state index in [2.05, 4.69) is 5.73 Å². The van der Waals surface area contributed by atoms with Crippen LogP contribution in [0.5, 0.6) is 0 Å². The Morgan fingerprint density at radius 2 is 2.15 bits per heavy atom. The van der Waals surface area contributed by atoms with Crippen molar-refractivity contribution in [3.05, 3.63) is 17.9 Å². The van der Waals surface area contributed by atoms with E-state index in [0.717, 1.165) is 0 Å². The van der Waals surface area contributed by atoms with Gasteiger partial charge >= 0.3 is 6.09 Å². The van der Waals surface area contributed by atoms with Gasteiger partial charge < -0.3 is 14.6 Å². The van der Waals surface area contributed by atoms with Crippen molar-refractivity contribution >= 4 is 6.09 Å². The van der Waals surface area contributed by atoms with Gasteiger partial charge in [-0.25, -0.2) is 4.79 Å². The lowest BCUT2D eigenvalue weighted by Gasteiger charge is -2.35. The molecule has 0 bridgehead atoms. The van der Waals surface area contributed by atoms with Crippen LogP contribution in [0.4, 0.5) is 4.79 Å². The van der Waals surface area contributed by atoms with Crippen LogP contribution >= 0.6 is 0 Å². The van der Waals surface area contributed by atoms with Crippen LogP contribution < -0.4 is 0 Å². The fourth-order valence-electron chi connectivity index (χ4n) is 2.06. The van der Waals surface area contributed by atoms with Crippen LogP contribution in [0.15, 0.2) is 17.9 Å². The molecule has 0 aromatic heterocycles. The van der Waals surface area contributed by atoms with Crippen molar-refractivity contribution < 1.29 is 19.4 Å². The zero-order valence-electron chi connectivity index (χ0n) is 13.1. The Balaban J connectivity index is 2.96. The highest BCUT2D eigenvalue weighted by Crippen LogP contribution is 2.31. The molecule has 0 radical (unpaired) electrons. The average molecular weight is 283 g/mol. The quantitative estimate of drug-likeness (QED) is 0.791. The molecule has 1 fully saturated rings. The summed E-state index contributed by atoms with van der Waals surface area (Å²) in [6.45, 7) is 11.0. The molecule has 0 saturated carbocycles. The van der Waals surface area contributed by atoms with Crippen molar-refractivity contribution in [3.8, 4) is 0 Å². The first-order chi connectivity index (χ1) is 9.08. The lowest BCUT2D eigenvalue weighted by molar-refractivity contribution is -0.0660. The van der Waals surface area contributed by atoms with Crippen LogP contribution in [0.1, 0.15) is 41.5 Å². The second kappa shape index (κ2) is 6.00. The lowest BCUT2D eigenvalue weighted by Crippen LogP contribution is -2.52. The van der Waals surface area contributed by atoms with Gasteiger partial charge in [0.15, 0.2) is 0 Å². The molecule has 1 aliphatic rings. The molecule has 0 aromatic carbocycles. The van der Waals surface area contributed by atoms with Gasteiger partial charge in [0.2, 0.25) is 0 Å². The summed E-state index contributed by atoms with van der Waals surface area (Å²) in [6, 6.07) is -0.479. The highest BCUT2D eigenvalue weighted by atomic mass is 16.6. The Kier molecular flexibility index (Phi) is 5.03. The summed E-state index contributed by atoms with van der Waals surface area (Å²) in [7, 11) is 0. The van der Waals surface area contributed by atoms with E-state index in [1.54, 1.807) is 40.7 Å². The number of nitrogens with zero attached hydrogens (tertiary/aromatic N) is 1. The van der Waals surface area contributed by atoms with Crippen LogP contribution in [-0.2, 0) is 9.47 Å². The second-order valence-corrected chi connectivity index (χ2v) is 6.29. The summed E-state index contributed by atoms with van der Waals surface area (Å²) in [6.07, 6.45) is 1.88. The Morgan fingerprint density at radius 1 is 1.55 bits per heavy atom. The summed E-state index contributed by atoms with van der Waals surface area (Å²) in [5, 5.41) is 10.2. The van der Waals surface area contributed by atoms with Gasteiger partial charge in [-0.05, 0) is 53.7 Å². The first-order valence-electron chi connectivity index (χ1n) is 6.80. The molecule has 5 heteroatoms. The number of ether oxygens (including phenoxy) is 2. The number of aliphatic hydroxyl groups excluding tert-OH is 1. The number of hydrogen-bond acceptors (Lipinski definition) is 4. The van der Waals surface area contributed by atoms with E-state index in [1.165, 1.54) is 11.0 Å². The van der Waals surface area contributed by atoms with Crippen LogP contribution in [0, 0.1) is 0 Å². The zero-order chi connectivity index (χ0) is 15.6. The van der Waals surface area contributed by atoms with Crippen molar-refractivity contribution in [2.24, 2.45) is 0 Å². The second-order valence-electron chi connectivity index (χ2n) is 6.29. The molecule has 1 heterocycles. The normalized spacial score (nSPS) is 22.9. The molecule has 1 aliphatic heterocycles. The van der Waals surface area contributed by atoms with Gasteiger partial charge in [-0.2, -0.15) is 0 Å². The van der Waals surface area contributed by atoms with E-state index in [4.69, 9.17) is 9.47 Å². The van der Waals surface area contributed by atoms with Crippen LogP contribution in [0.3, 0.4) is 0 Å². The fourth-order valence-corrected chi connectivity index (χ4v) is 2.06. The number of carbonyl (C=O) groups excluding carboxylic acids is 1. The molecule has 20 heavy (non-hydrogen) atoms. The van der Waals surface area contributed by atoms with Crippen molar-refractivity contribution in [2.45, 2.75) is 65.0 Å². The minimum atomic E-state index is -0.847. The molecule has 114 valence electrons. The van der Waals surface area contributed by atoms with E-state index in [0.29, 0.717) is 0 Å². The number of hydrogen-bond donors (Lipinski definition) is 1. The maximum atomic E-state index is 12.3. The average Bonchev–Trinajstić information content (AvgIpc) is 2.59. The van der Waals surface area contributed by atoms with Gasteiger partial charge in [-0.15, -0.1) is 5.73 Å². The highest BCUT2D eigenvalue weighted by molar-refractivity contribution is 5.70. The largest absolute Gasteiger partial charge is 0.444 e. The Bertz CT molecular complexity index is 416. The Labute approximate surface area is 120 Å². The van der Waals surface area contributed by atoms with E-state index >= 15 is 0 Å². The van der Waals surface area contributed by atoms with Crippen LogP contribution in [-0.4, -0.2) is 46.2 Å². The molecule has 1 rings (SSSR count). The van der Waals surface area contributed by atoms with Gasteiger partial charge in [0.25, 0.3) is 0 Å². The topological polar surface area (TPSA) is 59.0 Å². The highest BCUT2D eigenvalue weighted by Gasteiger charge is 2.47. The Hall–Kier alpha value is -1.29. The first kappa shape index (κ1) is 16.8. The van der Waals surface area contributed by atoms with E-state index in [1.807, 2.05) is 6.92 Å². The van der Waals surface area contributed by atoms with Crippen molar-refractivity contribution in [3.63, 3.8) is 0 Å². The van der Waals surface area contributed by atoms with E-state index in [-0.39, 0.29) is 6.61 Å². The monoisotopic (exact) mass is 283 g/mol. The third-order valence-corrected chi connectivity index (χ3v) is 2.94. The minimum absolute atomic E-state index is 0.259. The molecular weight excluding hydrogens is 258 g/mol. The summed E-state index contributed by atoms with van der Waals surface area (Å²) < 4.78 is 11.0. The minimum Gasteiger partial charge on any atom is -0.444 e. The summed E-state index contributed by atoms with van der Waals surface area (Å²) >= 11 is 0. The lowest BCUT2D eigenvalue weighted by atomic mass is 10.1. The molecule has 1 saturated heterocycles. The summed E-state index contributed by atoms with van der Waals surface area (Å²) in [4.78, 5) is 13.8. The van der Waals surface area contributed by atoms with Gasteiger partial charge in [0, 0.05) is 0 Å². The molecular formula is C15H25NO4. The predicted octanol–water partition coefficient (Wildman–Crippen LogP) is 2.45. The van der Waals surface area contributed by atoms with Crippen molar-refractivity contribution in [1.82, 2.24) is 4.90 Å². The van der Waals surface area contributed by atoms with Crippen LogP contribution in [0.25, 0.3) is 0 Å². The third kappa shape index (κ3) is 4.10. The number of carbonyl (C=O) groups is 1. The van der Waals surface area contributed by atoms with Crippen LogP contribution in [0.2, 0.25) is 0 Å². The number of amides is 1. The standard InChI is InChI=1S/C15H25NO4/c1-7-8-9-12(17)11-10-19-15(5,6)16(11)13(18)20-14(2,3)4/h7,9,11-12,17H,10H2,1-6H3/t8?,11-,12+/m0/s1. The van der Waals surface area contributed by atoms with Crippen molar-refractivity contribution in [2.75, 3.05) is 6.61 Å². The molecule has 0 spiro atoms. The summed E-state index contributed by atoms with van der Waals surface area (Å²) in [5.74, 6) is 0. The number of aliphatic hydroxyl groups is 1. The molecule has 1 amide bonds. The Morgan fingerprint density at radius 3 is 2.65 bits per heavy atom. The molecule has 0 aromatic rings. The van der Waals surface area contributed by atoms with E-state index < -0.39 is 29.6 Å². The van der Waals surface area contributed by atoms with Gasteiger partial charge in [-0.1, -0.05) is 0 Å².